The lowest BCUT2D eigenvalue weighted by Crippen LogP contribution is -2.15. The van der Waals surface area contributed by atoms with Gasteiger partial charge < -0.3 is 4.90 Å². The molecule has 1 aromatic rings. The maximum absolute atomic E-state index is 13.0. The van der Waals surface area contributed by atoms with Crippen molar-refractivity contribution in [3.05, 3.63) is 76.8 Å². The van der Waals surface area contributed by atoms with E-state index in [0.29, 0.717) is 0 Å². The molecule has 1 aromatic carbocycles. The topological polar surface area (TPSA) is 3.24 Å². The molecule has 0 amide bonds. The third-order valence-corrected chi connectivity index (χ3v) is 3.14. The van der Waals surface area contributed by atoms with Gasteiger partial charge in [-0.1, -0.05) is 26.5 Å². The molecule has 3 heteroatoms. The first-order valence-electron chi connectivity index (χ1n) is 6.57. The van der Waals surface area contributed by atoms with E-state index in [9.17, 15) is 4.39 Å². The summed E-state index contributed by atoms with van der Waals surface area (Å²) < 4.78 is 13.9. The smallest absolute Gasteiger partial charge is 0.123 e. The summed E-state index contributed by atoms with van der Waals surface area (Å²) in [5.41, 5.74) is 2.80. The van der Waals surface area contributed by atoms with Gasteiger partial charge >= 0.3 is 0 Å². The van der Waals surface area contributed by atoms with Crippen LogP contribution < -0.4 is 0 Å². The molecular formula is C17H19BrFN. The zero-order valence-corrected chi connectivity index (χ0v) is 13.6. The van der Waals surface area contributed by atoms with E-state index in [4.69, 9.17) is 0 Å². The van der Waals surface area contributed by atoms with Gasteiger partial charge in [-0.05, 0) is 64.8 Å². The number of rotatable bonds is 2. The highest BCUT2D eigenvalue weighted by Crippen LogP contribution is 2.29. The lowest BCUT2D eigenvalue weighted by Gasteiger charge is -2.27. The van der Waals surface area contributed by atoms with Gasteiger partial charge in [0, 0.05) is 22.1 Å². The van der Waals surface area contributed by atoms with E-state index in [2.05, 4.69) is 22.5 Å². The number of benzene rings is 1. The van der Waals surface area contributed by atoms with E-state index in [1.807, 2.05) is 50.1 Å². The molecular weight excluding hydrogens is 317 g/mol. The second-order valence-electron chi connectivity index (χ2n) is 3.89. The molecule has 1 heterocycles. The summed E-state index contributed by atoms with van der Waals surface area (Å²) >= 11 is 3.44. The van der Waals surface area contributed by atoms with Gasteiger partial charge in [-0.3, -0.25) is 0 Å². The van der Waals surface area contributed by atoms with E-state index < -0.39 is 0 Å². The maximum Gasteiger partial charge on any atom is 0.123 e. The van der Waals surface area contributed by atoms with Crippen LogP contribution in [0.3, 0.4) is 0 Å². The minimum absolute atomic E-state index is 0.233. The largest absolute Gasteiger partial charge is 0.316 e. The van der Waals surface area contributed by atoms with Crippen molar-refractivity contribution in [2.45, 2.75) is 20.8 Å². The average molecular weight is 336 g/mol. The predicted molar refractivity (Wildman–Crippen MR) is 88.5 cm³/mol. The van der Waals surface area contributed by atoms with Gasteiger partial charge in [-0.2, -0.15) is 0 Å². The second kappa shape index (κ2) is 7.85. The van der Waals surface area contributed by atoms with E-state index in [1.54, 1.807) is 12.1 Å². The molecule has 0 saturated carbocycles. The highest BCUT2D eigenvalue weighted by atomic mass is 79.9. The lowest BCUT2D eigenvalue weighted by molar-refractivity contribution is 0.626. The van der Waals surface area contributed by atoms with Crippen LogP contribution in [0, 0.1) is 5.82 Å². The van der Waals surface area contributed by atoms with E-state index in [-0.39, 0.29) is 5.82 Å². The SMILES string of the molecule is C=C1C=CC(Br)=CN1/C(=C\C)c1ccc(F)cc1.CC. The normalized spacial score (nSPS) is 14.7. The van der Waals surface area contributed by atoms with Gasteiger partial charge in [0.25, 0.3) is 0 Å². The molecule has 1 aliphatic rings. The Hall–Kier alpha value is -1.61. The molecule has 0 atom stereocenters. The van der Waals surface area contributed by atoms with Crippen LogP contribution in [-0.2, 0) is 0 Å². The summed E-state index contributed by atoms with van der Waals surface area (Å²) in [4.78, 5) is 1.97. The van der Waals surface area contributed by atoms with Gasteiger partial charge in [-0.25, -0.2) is 4.39 Å². The van der Waals surface area contributed by atoms with Crippen molar-refractivity contribution in [2.75, 3.05) is 0 Å². The standard InChI is InChI=1S/C15H13BrFN.C2H6/c1-3-15(12-5-8-14(17)9-6-12)18-10-13(16)7-4-11(18)2;1-2/h3-10H,2H2,1H3;1-2H3/b15-3-;. The number of nitrogens with zero attached hydrogens (tertiary/aromatic N) is 1. The number of halogens is 2. The highest BCUT2D eigenvalue weighted by molar-refractivity contribution is 9.11. The first kappa shape index (κ1) is 16.4. The molecule has 106 valence electrons. The van der Waals surface area contributed by atoms with Crippen molar-refractivity contribution in [1.82, 2.24) is 4.90 Å². The number of allylic oxidation sites excluding steroid dienone is 4. The van der Waals surface area contributed by atoms with Gasteiger partial charge in [-0.15, -0.1) is 0 Å². The van der Waals surface area contributed by atoms with E-state index in [0.717, 1.165) is 21.4 Å². The highest BCUT2D eigenvalue weighted by Gasteiger charge is 2.13. The van der Waals surface area contributed by atoms with Crippen LogP contribution >= 0.6 is 15.9 Å². The van der Waals surface area contributed by atoms with E-state index >= 15 is 0 Å². The Balaban J connectivity index is 0.000000956. The maximum atomic E-state index is 13.0. The fourth-order valence-corrected chi connectivity index (χ4v) is 2.13. The van der Waals surface area contributed by atoms with Crippen LogP contribution in [0.5, 0.6) is 0 Å². The van der Waals surface area contributed by atoms with Crippen molar-refractivity contribution in [2.24, 2.45) is 0 Å². The third kappa shape index (κ3) is 3.94. The molecule has 1 nitrogen and oxygen atoms in total. The Morgan fingerprint density at radius 3 is 2.35 bits per heavy atom. The summed E-state index contributed by atoms with van der Waals surface area (Å²) in [6.45, 7) is 9.95. The van der Waals surface area contributed by atoms with Crippen molar-refractivity contribution < 1.29 is 4.39 Å². The van der Waals surface area contributed by atoms with Crippen LogP contribution in [0.15, 0.2) is 65.5 Å². The van der Waals surface area contributed by atoms with Crippen LogP contribution in [0.4, 0.5) is 4.39 Å². The summed E-state index contributed by atoms with van der Waals surface area (Å²) in [6, 6.07) is 6.44. The molecule has 0 aromatic heterocycles. The molecule has 0 saturated heterocycles. The first-order chi connectivity index (χ1) is 9.61. The Bertz CT molecular complexity index is 553. The molecule has 1 aliphatic heterocycles. The second-order valence-corrected chi connectivity index (χ2v) is 4.81. The summed E-state index contributed by atoms with van der Waals surface area (Å²) in [5, 5.41) is 0. The molecule has 0 spiro atoms. The Labute approximate surface area is 128 Å². The average Bonchev–Trinajstić information content (AvgIpc) is 2.47. The quantitative estimate of drug-likeness (QED) is 0.656. The fourth-order valence-electron chi connectivity index (χ4n) is 1.80. The first-order valence-corrected chi connectivity index (χ1v) is 7.37. The van der Waals surface area contributed by atoms with Gasteiger partial charge in [0.1, 0.15) is 5.82 Å². The predicted octanol–water partition coefficient (Wildman–Crippen LogP) is 5.83. The molecule has 0 radical (unpaired) electrons. The third-order valence-electron chi connectivity index (χ3n) is 2.67. The zero-order valence-electron chi connectivity index (χ0n) is 12.0. The Morgan fingerprint density at radius 2 is 1.80 bits per heavy atom. The van der Waals surface area contributed by atoms with Crippen molar-refractivity contribution in [3.63, 3.8) is 0 Å². The molecule has 0 bridgehead atoms. The van der Waals surface area contributed by atoms with Gasteiger partial charge in [0.15, 0.2) is 0 Å². The van der Waals surface area contributed by atoms with Gasteiger partial charge in [0.05, 0.1) is 0 Å². The van der Waals surface area contributed by atoms with E-state index in [1.165, 1.54) is 12.1 Å². The summed E-state index contributed by atoms with van der Waals surface area (Å²) in [7, 11) is 0. The molecule has 2 rings (SSSR count). The number of hydrogen-bond donors (Lipinski definition) is 0. The fraction of sp³-hybridized carbons (Fsp3) is 0.176. The monoisotopic (exact) mass is 335 g/mol. The van der Waals surface area contributed by atoms with Crippen molar-refractivity contribution in [3.8, 4) is 0 Å². The van der Waals surface area contributed by atoms with Crippen LogP contribution in [0.2, 0.25) is 0 Å². The van der Waals surface area contributed by atoms with Crippen LogP contribution in [0.1, 0.15) is 26.3 Å². The zero-order chi connectivity index (χ0) is 15.1. The van der Waals surface area contributed by atoms with Crippen molar-refractivity contribution >= 4 is 21.6 Å². The van der Waals surface area contributed by atoms with Crippen LogP contribution in [0.25, 0.3) is 5.70 Å². The Morgan fingerprint density at radius 1 is 1.20 bits per heavy atom. The molecule has 0 aliphatic carbocycles. The number of hydrogen-bond acceptors (Lipinski definition) is 1. The molecule has 0 fully saturated rings. The minimum atomic E-state index is -0.233. The molecule has 0 unspecified atom stereocenters. The minimum Gasteiger partial charge on any atom is -0.316 e. The summed E-state index contributed by atoms with van der Waals surface area (Å²) in [6.07, 6.45) is 7.79. The summed E-state index contributed by atoms with van der Waals surface area (Å²) in [5.74, 6) is -0.233. The lowest BCUT2D eigenvalue weighted by atomic mass is 10.1. The molecule has 20 heavy (non-hydrogen) atoms. The molecule has 0 N–H and O–H groups in total. The van der Waals surface area contributed by atoms with Crippen LogP contribution in [-0.4, -0.2) is 4.90 Å². The van der Waals surface area contributed by atoms with Crippen molar-refractivity contribution in [1.29, 1.82) is 0 Å². The van der Waals surface area contributed by atoms with Gasteiger partial charge in [0.2, 0.25) is 0 Å². The Kier molecular flexibility index (Phi) is 6.46.